The SMILES string of the molecule is CN1CCCC(C(=O)NCc2ccc(Cl)cc2)C1. The Morgan fingerprint density at radius 3 is 2.83 bits per heavy atom. The first kappa shape index (κ1) is 13.4. The molecule has 0 bridgehead atoms. The zero-order valence-electron chi connectivity index (χ0n) is 10.7. The van der Waals surface area contributed by atoms with E-state index in [1.807, 2.05) is 24.3 Å². The number of carbonyl (C=O) groups excluding carboxylic acids is 1. The van der Waals surface area contributed by atoms with Crippen LogP contribution in [0.25, 0.3) is 0 Å². The van der Waals surface area contributed by atoms with Crippen LogP contribution in [-0.2, 0) is 11.3 Å². The lowest BCUT2D eigenvalue weighted by Crippen LogP contribution is -2.41. The predicted octanol–water partition coefficient (Wildman–Crippen LogP) is 2.30. The van der Waals surface area contributed by atoms with Gasteiger partial charge in [-0.15, -0.1) is 0 Å². The van der Waals surface area contributed by atoms with Gasteiger partial charge >= 0.3 is 0 Å². The van der Waals surface area contributed by atoms with E-state index in [9.17, 15) is 4.79 Å². The third-order valence-corrected chi connectivity index (χ3v) is 3.63. The van der Waals surface area contributed by atoms with Crippen LogP contribution in [0.2, 0.25) is 5.02 Å². The van der Waals surface area contributed by atoms with Crippen LogP contribution in [-0.4, -0.2) is 30.9 Å². The summed E-state index contributed by atoms with van der Waals surface area (Å²) >= 11 is 5.82. The Bertz CT molecular complexity index is 405. The average molecular weight is 267 g/mol. The van der Waals surface area contributed by atoms with Gasteiger partial charge in [0.15, 0.2) is 0 Å². The molecule has 0 spiro atoms. The molecule has 1 amide bonds. The maximum Gasteiger partial charge on any atom is 0.224 e. The van der Waals surface area contributed by atoms with Crippen molar-refractivity contribution in [3.63, 3.8) is 0 Å². The second-order valence-corrected chi connectivity index (χ2v) is 5.38. The number of benzene rings is 1. The first-order valence-corrected chi connectivity index (χ1v) is 6.73. The smallest absolute Gasteiger partial charge is 0.224 e. The standard InChI is InChI=1S/C14H19ClN2O/c1-17-8-2-3-12(10-17)14(18)16-9-11-4-6-13(15)7-5-11/h4-7,12H,2-3,8-10H2,1H3,(H,16,18). The van der Waals surface area contributed by atoms with Gasteiger partial charge in [0.25, 0.3) is 0 Å². The van der Waals surface area contributed by atoms with Gasteiger partial charge in [0, 0.05) is 18.1 Å². The molecule has 1 atom stereocenters. The van der Waals surface area contributed by atoms with Crippen molar-refractivity contribution in [3.8, 4) is 0 Å². The highest BCUT2D eigenvalue weighted by atomic mass is 35.5. The number of likely N-dealkylation sites (tertiary alicyclic amines) is 1. The molecule has 1 N–H and O–H groups in total. The Morgan fingerprint density at radius 2 is 2.17 bits per heavy atom. The number of piperidine rings is 1. The predicted molar refractivity (Wildman–Crippen MR) is 73.5 cm³/mol. The van der Waals surface area contributed by atoms with Crippen molar-refractivity contribution >= 4 is 17.5 Å². The molecule has 1 aliphatic rings. The Morgan fingerprint density at radius 1 is 1.44 bits per heavy atom. The van der Waals surface area contributed by atoms with Crippen LogP contribution in [0.1, 0.15) is 18.4 Å². The zero-order chi connectivity index (χ0) is 13.0. The Kier molecular flexibility index (Phi) is 4.61. The third-order valence-electron chi connectivity index (χ3n) is 3.38. The summed E-state index contributed by atoms with van der Waals surface area (Å²) in [6.45, 7) is 2.55. The molecule has 1 aromatic carbocycles. The minimum atomic E-state index is 0.135. The van der Waals surface area contributed by atoms with Gasteiger partial charge in [-0.2, -0.15) is 0 Å². The summed E-state index contributed by atoms with van der Waals surface area (Å²) in [5, 5.41) is 3.72. The van der Waals surface area contributed by atoms with Crippen LogP contribution in [0.5, 0.6) is 0 Å². The van der Waals surface area contributed by atoms with E-state index in [1.165, 1.54) is 0 Å². The molecule has 0 aromatic heterocycles. The Balaban J connectivity index is 1.82. The first-order valence-electron chi connectivity index (χ1n) is 6.36. The number of nitrogens with zero attached hydrogens (tertiary/aromatic N) is 1. The normalized spacial score (nSPS) is 20.7. The molecule has 18 heavy (non-hydrogen) atoms. The lowest BCUT2D eigenvalue weighted by molar-refractivity contribution is -0.126. The van der Waals surface area contributed by atoms with E-state index < -0.39 is 0 Å². The van der Waals surface area contributed by atoms with Crippen LogP contribution in [0, 0.1) is 5.92 Å². The topological polar surface area (TPSA) is 32.3 Å². The molecule has 98 valence electrons. The molecular formula is C14H19ClN2O. The quantitative estimate of drug-likeness (QED) is 0.911. The molecule has 0 radical (unpaired) electrons. The van der Waals surface area contributed by atoms with E-state index in [-0.39, 0.29) is 11.8 Å². The lowest BCUT2D eigenvalue weighted by Gasteiger charge is -2.28. The van der Waals surface area contributed by atoms with Gasteiger partial charge in [-0.3, -0.25) is 4.79 Å². The highest BCUT2D eigenvalue weighted by Crippen LogP contribution is 2.15. The molecule has 4 heteroatoms. The minimum Gasteiger partial charge on any atom is -0.352 e. The van der Waals surface area contributed by atoms with Crippen molar-refractivity contribution in [2.75, 3.05) is 20.1 Å². The van der Waals surface area contributed by atoms with Crippen LogP contribution < -0.4 is 5.32 Å². The molecular weight excluding hydrogens is 248 g/mol. The fraction of sp³-hybridized carbons (Fsp3) is 0.500. The van der Waals surface area contributed by atoms with Crippen molar-refractivity contribution in [3.05, 3.63) is 34.9 Å². The number of halogens is 1. The average Bonchev–Trinajstić information content (AvgIpc) is 2.38. The van der Waals surface area contributed by atoms with E-state index in [2.05, 4.69) is 17.3 Å². The van der Waals surface area contributed by atoms with Crippen molar-refractivity contribution < 1.29 is 4.79 Å². The fourth-order valence-corrected chi connectivity index (χ4v) is 2.44. The summed E-state index contributed by atoms with van der Waals surface area (Å²) in [4.78, 5) is 14.2. The third kappa shape index (κ3) is 3.72. The van der Waals surface area contributed by atoms with Crippen molar-refractivity contribution in [2.45, 2.75) is 19.4 Å². The summed E-state index contributed by atoms with van der Waals surface area (Å²) in [7, 11) is 2.07. The van der Waals surface area contributed by atoms with Crippen LogP contribution in [0.15, 0.2) is 24.3 Å². The summed E-state index contributed by atoms with van der Waals surface area (Å²) in [6.07, 6.45) is 2.10. The molecule has 1 fully saturated rings. The highest BCUT2D eigenvalue weighted by molar-refractivity contribution is 6.30. The van der Waals surface area contributed by atoms with E-state index in [1.54, 1.807) is 0 Å². The number of carbonyl (C=O) groups is 1. The lowest BCUT2D eigenvalue weighted by atomic mass is 9.97. The summed E-state index contributed by atoms with van der Waals surface area (Å²) in [5.74, 6) is 0.299. The largest absolute Gasteiger partial charge is 0.352 e. The number of rotatable bonds is 3. The van der Waals surface area contributed by atoms with Crippen molar-refractivity contribution in [2.24, 2.45) is 5.92 Å². The van der Waals surface area contributed by atoms with Gasteiger partial charge in [-0.05, 0) is 44.1 Å². The minimum absolute atomic E-state index is 0.135. The summed E-state index contributed by atoms with van der Waals surface area (Å²) in [6, 6.07) is 7.57. The van der Waals surface area contributed by atoms with Gasteiger partial charge in [0.1, 0.15) is 0 Å². The fourth-order valence-electron chi connectivity index (χ4n) is 2.32. The second kappa shape index (κ2) is 6.21. The molecule has 1 aliphatic heterocycles. The van der Waals surface area contributed by atoms with Crippen molar-refractivity contribution in [1.29, 1.82) is 0 Å². The Labute approximate surface area is 113 Å². The molecule has 2 rings (SSSR count). The molecule has 0 saturated carbocycles. The number of nitrogens with one attached hydrogen (secondary N) is 1. The maximum atomic E-state index is 12.0. The second-order valence-electron chi connectivity index (χ2n) is 4.95. The van der Waals surface area contributed by atoms with E-state index in [0.717, 1.165) is 36.5 Å². The molecule has 3 nitrogen and oxygen atoms in total. The molecule has 1 unspecified atom stereocenters. The zero-order valence-corrected chi connectivity index (χ0v) is 11.4. The Hall–Kier alpha value is -1.06. The van der Waals surface area contributed by atoms with Crippen LogP contribution in [0.4, 0.5) is 0 Å². The van der Waals surface area contributed by atoms with E-state index in [0.29, 0.717) is 6.54 Å². The van der Waals surface area contributed by atoms with Crippen LogP contribution in [0.3, 0.4) is 0 Å². The van der Waals surface area contributed by atoms with Crippen molar-refractivity contribution in [1.82, 2.24) is 10.2 Å². The summed E-state index contributed by atoms with van der Waals surface area (Å²) in [5.41, 5.74) is 1.08. The van der Waals surface area contributed by atoms with Gasteiger partial charge in [-0.1, -0.05) is 23.7 Å². The maximum absolute atomic E-state index is 12.0. The van der Waals surface area contributed by atoms with E-state index in [4.69, 9.17) is 11.6 Å². The van der Waals surface area contributed by atoms with E-state index >= 15 is 0 Å². The van der Waals surface area contributed by atoms with Gasteiger partial charge in [0.2, 0.25) is 5.91 Å². The molecule has 1 saturated heterocycles. The molecule has 1 heterocycles. The number of amides is 1. The van der Waals surface area contributed by atoms with Gasteiger partial charge in [0.05, 0.1) is 5.92 Å². The monoisotopic (exact) mass is 266 g/mol. The molecule has 1 aromatic rings. The van der Waals surface area contributed by atoms with Gasteiger partial charge < -0.3 is 10.2 Å². The van der Waals surface area contributed by atoms with Gasteiger partial charge in [-0.25, -0.2) is 0 Å². The highest BCUT2D eigenvalue weighted by Gasteiger charge is 2.23. The summed E-state index contributed by atoms with van der Waals surface area (Å²) < 4.78 is 0. The number of hydrogen-bond donors (Lipinski definition) is 1. The first-order chi connectivity index (χ1) is 8.65. The van der Waals surface area contributed by atoms with Crippen LogP contribution >= 0.6 is 11.6 Å². The number of hydrogen-bond acceptors (Lipinski definition) is 2. The molecule has 0 aliphatic carbocycles.